The Kier molecular flexibility index (Phi) is 8.81. The summed E-state index contributed by atoms with van der Waals surface area (Å²) in [4.78, 5) is 0. The molecular formula is C33H42. The lowest BCUT2D eigenvalue weighted by Gasteiger charge is -2.28. The molecule has 0 heterocycles. The molecule has 174 valence electrons. The summed E-state index contributed by atoms with van der Waals surface area (Å²) in [7, 11) is 0. The molecule has 0 N–H and O–H groups in total. The SMILES string of the molecule is CCC[C@H]1CC[C@H](CCc2ccc(CCc3ccc(-c4ccc(CC)cc4)cc3)cc2)CC1. The quantitative estimate of drug-likeness (QED) is 0.296. The molecule has 33 heavy (non-hydrogen) atoms. The Morgan fingerprint density at radius 3 is 1.33 bits per heavy atom. The molecule has 0 radical (unpaired) electrons. The van der Waals surface area contributed by atoms with Gasteiger partial charge in [-0.25, -0.2) is 0 Å². The maximum Gasteiger partial charge on any atom is -0.0184 e. The van der Waals surface area contributed by atoms with Crippen LogP contribution in [-0.4, -0.2) is 0 Å². The monoisotopic (exact) mass is 438 g/mol. The van der Waals surface area contributed by atoms with Crippen LogP contribution < -0.4 is 0 Å². The lowest BCUT2D eigenvalue weighted by Crippen LogP contribution is -2.15. The van der Waals surface area contributed by atoms with E-state index in [0.717, 1.165) is 31.1 Å². The fourth-order valence-electron chi connectivity index (χ4n) is 5.55. The summed E-state index contributed by atoms with van der Waals surface area (Å²) < 4.78 is 0. The zero-order valence-electron chi connectivity index (χ0n) is 20.9. The van der Waals surface area contributed by atoms with Gasteiger partial charge in [-0.1, -0.05) is 125 Å². The first-order valence-electron chi connectivity index (χ1n) is 13.5. The van der Waals surface area contributed by atoms with Crippen molar-refractivity contribution in [3.8, 4) is 11.1 Å². The van der Waals surface area contributed by atoms with Gasteiger partial charge in [0.05, 0.1) is 0 Å². The maximum absolute atomic E-state index is 2.38. The minimum atomic E-state index is 0.963. The minimum Gasteiger partial charge on any atom is -0.0654 e. The third-order valence-corrected chi connectivity index (χ3v) is 7.88. The van der Waals surface area contributed by atoms with Crippen molar-refractivity contribution >= 4 is 0 Å². The first-order valence-corrected chi connectivity index (χ1v) is 13.5. The van der Waals surface area contributed by atoms with Crippen molar-refractivity contribution in [2.75, 3.05) is 0 Å². The molecule has 0 aromatic heterocycles. The predicted molar refractivity (Wildman–Crippen MR) is 144 cm³/mol. The van der Waals surface area contributed by atoms with Gasteiger partial charge in [-0.2, -0.15) is 0 Å². The molecule has 4 rings (SSSR count). The van der Waals surface area contributed by atoms with Gasteiger partial charge in [-0.3, -0.25) is 0 Å². The van der Waals surface area contributed by atoms with Crippen LogP contribution in [0.15, 0.2) is 72.8 Å². The molecule has 0 aliphatic heterocycles. The molecule has 0 spiro atoms. The smallest absolute Gasteiger partial charge is 0.0184 e. The maximum atomic E-state index is 2.38. The van der Waals surface area contributed by atoms with Gasteiger partial charge in [0.1, 0.15) is 0 Å². The van der Waals surface area contributed by atoms with E-state index in [-0.39, 0.29) is 0 Å². The van der Waals surface area contributed by atoms with Crippen LogP contribution in [0.3, 0.4) is 0 Å². The highest BCUT2D eigenvalue weighted by Gasteiger charge is 2.20. The van der Waals surface area contributed by atoms with Crippen molar-refractivity contribution in [2.24, 2.45) is 11.8 Å². The lowest BCUT2D eigenvalue weighted by atomic mass is 9.78. The Balaban J connectivity index is 1.21. The number of hydrogen-bond donors (Lipinski definition) is 0. The number of rotatable bonds is 10. The molecule has 1 aliphatic rings. The van der Waals surface area contributed by atoms with Gasteiger partial charge in [0, 0.05) is 0 Å². The van der Waals surface area contributed by atoms with Gasteiger partial charge in [0.25, 0.3) is 0 Å². The number of aryl methyl sites for hydroxylation is 4. The van der Waals surface area contributed by atoms with Crippen molar-refractivity contribution in [3.63, 3.8) is 0 Å². The summed E-state index contributed by atoms with van der Waals surface area (Å²) in [5.74, 6) is 1.99. The van der Waals surface area contributed by atoms with E-state index in [1.165, 1.54) is 84.7 Å². The first-order chi connectivity index (χ1) is 16.2. The minimum absolute atomic E-state index is 0.963. The molecule has 0 heteroatoms. The molecule has 3 aromatic carbocycles. The van der Waals surface area contributed by atoms with E-state index in [1.807, 2.05) is 0 Å². The molecule has 1 fully saturated rings. The molecular weight excluding hydrogens is 396 g/mol. The van der Waals surface area contributed by atoms with E-state index >= 15 is 0 Å². The highest BCUT2D eigenvalue weighted by molar-refractivity contribution is 5.64. The number of benzene rings is 3. The van der Waals surface area contributed by atoms with E-state index in [4.69, 9.17) is 0 Å². The largest absolute Gasteiger partial charge is 0.0654 e. The molecule has 1 saturated carbocycles. The Bertz CT molecular complexity index is 938. The topological polar surface area (TPSA) is 0 Å². The molecule has 0 nitrogen and oxygen atoms in total. The molecule has 0 saturated heterocycles. The summed E-state index contributed by atoms with van der Waals surface area (Å²) in [6.45, 7) is 4.54. The molecule has 0 amide bonds. The van der Waals surface area contributed by atoms with Gasteiger partial charge in [0.15, 0.2) is 0 Å². The highest BCUT2D eigenvalue weighted by Crippen LogP contribution is 2.33. The predicted octanol–water partition coefficient (Wildman–Crippen LogP) is 9.24. The lowest BCUT2D eigenvalue weighted by molar-refractivity contribution is 0.252. The summed E-state index contributed by atoms with van der Waals surface area (Å²) in [6, 6.07) is 27.6. The van der Waals surface area contributed by atoms with E-state index in [2.05, 4.69) is 86.6 Å². The van der Waals surface area contributed by atoms with Crippen molar-refractivity contribution in [1.29, 1.82) is 0 Å². The summed E-state index contributed by atoms with van der Waals surface area (Å²) in [5.41, 5.74) is 8.42. The van der Waals surface area contributed by atoms with Crippen LogP contribution in [0.25, 0.3) is 11.1 Å². The van der Waals surface area contributed by atoms with E-state index in [1.54, 1.807) is 0 Å². The molecule has 0 bridgehead atoms. The van der Waals surface area contributed by atoms with Crippen molar-refractivity contribution in [1.82, 2.24) is 0 Å². The fourth-order valence-corrected chi connectivity index (χ4v) is 5.55. The zero-order chi connectivity index (χ0) is 22.9. The second-order valence-electron chi connectivity index (χ2n) is 10.3. The summed E-state index contributed by atoms with van der Waals surface area (Å²) >= 11 is 0. The van der Waals surface area contributed by atoms with Gasteiger partial charge in [-0.15, -0.1) is 0 Å². The van der Waals surface area contributed by atoms with Crippen LogP contribution in [-0.2, 0) is 25.7 Å². The second-order valence-corrected chi connectivity index (χ2v) is 10.3. The van der Waals surface area contributed by atoms with Gasteiger partial charge in [0.2, 0.25) is 0 Å². The normalized spacial score (nSPS) is 18.4. The highest BCUT2D eigenvalue weighted by atomic mass is 14.3. The summed E-state index contributed by atoms with van der Waals surface area (Å²) in [5, 5.41) is 0. The number of hydrogen-bond acceptors (Lipinski definition) is 0. The first kappa shape index (κ1) is 23.8. The zero-order valence-corrected chi connectivity index (χ0v) is 20.9. The average Bonchev–Trinajstić information content (AvgIpc) is 2.88. The van der Waals surface area contributed by atoms with E-state index < -0.39 is 0 Å². The van der Waals surface area contributed by atoms with Crippen LogP contribution >= 0.6 is 0 Å². The Morgan fingerprint density at radius 2 is 0.879 bits per heavy atom. The van der Waals surface area contributed by atoms with Gasteiger partial charge >= 0.3 is 0 Å². The van der Waals surface area contributed by atoms with Crippen LogP contribution in [0.5, 0.6) is 0 Å². The third kappa shape index (κ3) is 7.07. The molecule has 1 aliphatic carbocycles. The molecule has 3 aromatic rings. The average molecular weight is 439 g/mol. The van der Waals surface area contributed by atoms with Gasteiger partial charge in [-0.05, 0) is 77.3 Å². The van der Waals surface area contributed by atoms with Crippen LogP contribution in [0.2, 0.25) is 0 Å². The van der Waals surface area contributed by atoms with E-state index in [9.17, 15) is 0 Å². The van der Waals surface area contributed by atoms with Crippen molar-refractivity contribution in [2.45, 2.75) is 84.5 Å². The van der Waals surface area contributed by atoms with Crippen LogP contribution in [0.1, 0.15) is 81.0 Å². The third-order valence-electron chi connectivity index (χ3n) is 7.88. The van der Waals surface area contributed by atoms with Crippen molar-refractivity contribution in [3.05, 3.63) is 95.1 Å². The molecule has 0 unspecified atom stereocenters. The fraction of sp³-hybridized carbons (Fsp3) is 0.455. The van der Waals surface area contributed by atoms with Gasteiger partial charge < -0.3 is 0 Å². The Morgan fingerprint density at radius 1 is 0.485 bits per heavy atom. The molecule has 0 atom stereocenters. The second kappa shape index (κ2) is 12.2. The summed E-state index contributed by atoms with van der Waals surface area (Å²) in [6.07, 6.45) is 14.6. The Hall–Kier alpha value is -2.34. The standard InChI is InChI=1S/C33H42/c1-3-5-27-6-8-28(9-7-27)10-11-29-12-14-30(15-13-29)16-17-31-20-24-33(25-21-31)32-22-18-26(4-2)19-23-32/h12-15,18-25,27-28H,3-11,16-17H2,1-2H3/t27-,28-. The van der Waals surface area contributed by atoms with Crippen LogP contribution in [0, 0.1) is 11.8 Å². The van der Waals surface area contributed by atoms with Crippen LogP contribution in [0.4, 0.5) is 0 Å². The van der Waals surface area contributed by atoms with Crippen molar-refractivity contribution < 1.29 is 0 Å². The van der Waals surface area contributed by atoms with E-state index in [0.29, 0.717) is 0 Å². The Labute approximate surface area is 202 Å².